The summed E-state index contributed by atoms with van der Waals surface area (Å²) in [7, 11) is 0. The molecule has 6 nitrogen and oxygen atoms in total. The fourth-order valence-electron chi connectivity index (χ4n) is 5.82. The van der Waals surface area contributed by atoms with Crippen molar-refractivity contribution >= 4 is 17.4 Å². The molecule has 11 heteroatoms. The highest BCUT2D eigenvalue weighted by atomic mass is 35.5. The van der Waals surface area contributed by atoms with E-state index in [9.17, 15) is 17.6 Å². The molecule has 0 N–H and O–H groups in total. The molecular weight excluding hydrogens is 508 g/mol. The Morgan fingerprint density at radius 3 is 2.49 bits per heavy atom. The number of anilines is 1. The third kappa shape index (κ3) is 4.58. The SMILES string of the molecule is Cc1ccc(F)c(N2CCC(c3nnc4n3-c3ccc(Cl)cc3CN(C3CC(C(F)(F)F)C3)C4)CC2)n1. The van der Waals surface area contributed by atoms with Crippen molar-refractivity contribution in [3.8, 4) is 5.69 Å². The van der Waals surface area contributed by atoms with Gasteiger partial charge in [-0.05, 0) is 68.5 Å². The van der Waals surface area contributed by atoms with E-state index < -0.39 is 12.1 Å². The molecular formula is C26H27ClF4N6. The van der Waals surface area contributed by atoms with Crippen LogP contribution in [0.2, 0.25) is 5.02 Å². The first kappa shape index (κ1) is 24.6. The molecule has 2 aliphatic heterocycles. The molecule has 3 aromatic rings. The van der Waals surface area contributed by atoms with E-state index in [2.05, 4.69) is 24.6 Å². The lowest BCUT2D eigenvalue weighted by atomic mass is 9.78. The number of alkyl halides is 3. The zero-order chi connectivity index (χ0) is 25.9. The Bertz CT molecular complexity index is 1310. The van der Waals surface area contributed by atoms with Crippen molar-refractivity contribution in [2.24, 2.45) is 5.92 Å². The van der Waals surface area contributed by atoms with Crippen LogP contribution in [0.25, 0.3) is 5.69 Å². The first-order valence-electron chi connectivity index (χ1n) is 12.6. The number of pyridine rings is 1. The Hall–Kier alpha value is -2.72. The summed E-state index contributed by atoms with van der Waals surface area (Å²) in [4.78, 5) is 8.44. The minimum absolute atomic E-state index is 0.0996. The second-order valence-corrected chi connectivity index (χ2v) is 10.8. The highest BCUT2D eigenvalue weighted by Crippen LogP contribution is 2.45. The molecule has 1 saturated carbocycles. The first-order valence-corrected chi connectivity index (χ1v) is 13.0. The van der Waals surface area contributed by atoms with Crippen LogP contribution in [0.1, 0.15) is 54.5 Å². The number of hydrogen-bond acceptors (Lipinski definition) is 5. The molecule has 4 heterocycles. The average Bonchev–Trinajstić information content (AvgIpc) is 3.15. The van der Waals surface area contributed by atoms with E-state index in [4.69, 9.17) is 11.6 Å². The van der Waals surface area contributed by atoms with Crippen LogP contribution in [0.4, 0.5) is 23.4 Å². The zero-order valence-corrected chi connectivity index (χ0v) is 21.1. The van der Waals surface area contributed by atoms with Gasteiger partial charge in [0.2, 0.25) is 0 Å². The number of aryl methyl sites for hydroxylation is 1. The van der Waals surface area contributed by atoms with Crippen molar-refractivity contribution in [1.29, 1.82) is 0 Å². The van der Waals surface area contributed by atoms with Crippen molar-refractivity contribution in [3.63, 3.8) is 0 Å². The van der Waals surface area contributed by atoms with E-state index in [-0.39, 0.29) is 30.6 Å². The number of benzene rings is 1. The van der Waals surface area contributed by atoms with Crippen LogP contribution in [0.15, 0.2) is 30.3 Å². The van der Waals surface area contributed by atoms with Gasteiger partial charge in [0.1, 0.15) is 5.82 Å². The monoisotopic (exact) mass is 534 g/mol. The molecule has 0 unspecified atom stereocenters. The maximum absolute atomic E-state index is 14.4. The van der Waals surface area contributed by atoms with Gasteiger partial charge in [0.15, 0.2) is 17.5 Å². The molecule has 37 heavy (non-hydrogen) atoms. The maximum atomic E-state index is 14.4. The third-order valence-electron chi connectivity index (χ3n) is 7.97. The van der Waals surface area contributed by atoms with E-state index in [0.717, 1.165) is 41.4 Å². The molecule has 6 rings (SSSR count). The summed E-state index contributed by atoms with van der Waals surface area (Å²) in [5.74, 6) is 0.478. The Balaban J connectivity index is 1.26. The van der Waals surface area contributed by atoms with Crippen LogP contribution in [0.5, 0.6) is 0 Å². The normalized spacial score (nSPS) is 22.8. The standard InChI is InChI=1S/C26H27ClF4N6/c1-15-2-4-21(28)25(32-15)35-8-6-16(7-9-35)24-34-33-23-14-36(20-11-18(12-20)26(29,30)31)13-17-10-19(27)3-5-22(17)37(23)24/h2-5,10,16,18,20H,6-9,11-14H2,1H3. The summed E-state index contributed by atoms with van der Waals surface area (Å²) >= 11 is 6.33. The van der Waals surface area contributed by atoms with Crippen LogP contribution in [0.3, 0.4) is 0 Å². The van der Waals surface area contributed by atoms with Crippen LogP contribution < -0.4 is 4.90 Å². The van der Waals surface area contributed by atoms with Gasteiger partial charge in [-0.2, -0.15) is 13.2 Å². The van der Waals surface area contributed by atoms with Gasteiger partial charge < -0.3 is 4.90 Å². The maximum Gasteiger partial charge on any atom is 0.391 e. The van der Waals surface area contributed by atoms with E-state index >= 15 is 0 Å². The molecule has 1 aromatic carbocycles. The Labute approximate surface area is 217 Å². The second-order valence-electron chi connectivity index (χ2n) is 10.4. The van der Waals surface area contributed by atoms with E-state index in [1.165, 1.54) is 6.07 Å². The zero-order valence-electron chi connectivity index (χ0n) is 20.3. The van der Waals surface area contributed by atoms with E-state index in [0.29, 0.717) is 37.0 Å². The molecule has 0 atom stereocenters. The molecule has 0 bridgehead atoms. The highest BCUT2D eigenvalue weighted by molar-refractivity contribution is 6.30. The Kier molecular flexibility index (Phi) is 6.14. The van der Waals surface area contributed by atoms with E-state index in [1.54, 1.807) is 6.07 Å². The van der Waals surface area contributed by atoms with Crippen molar-refractivity contribution < 1.29 is 17.6 Å². The van der Waals surface area contributed by atoms with Gasteiger partial charge in [0.05, 0.1) is 18.2 Å². The van der Waals surface area contributed by atoms with Crippen LogP contribution >= 0.6 is 11.6 Å². The lowest BCUT2D eigenvalue weighted by molar-refractivity contribution is -0.207. The number of hydrogen-bond donors (Lipinski definition) is 0. The summed E-state index contributed by atoms with van der Waals surface area (Å²) in [6.07, 6.45) is -2.43. The summed E-state index contributed by atoms with van der Waals surface area (Å²) in [6.45, 7) is 4.05. The number of rotatable bonds is 3. The van der Waals surface area contributed by atoms with Gasteiger partial charge in [-0.15, -0.1) is 10.2 Å². The molecule has 0 spiro atoms. The van der Waals surface area contributed by atoms with Crippen LogP contribution in [0, 0.1) is 18.7 Å². The molecule has 1 saturated heterocycles. The Morgan fingerprint density at radius 2 is 1.76 bits per heavy atom. The van der Waals surface area contributed by atoms with Gasteiger partial charge in [0.25, 0.3) is 0 Å². The summed E-state index contributed by atoms with van der Waals surface area (Å²) in [5.41, 5.74) is 2.64. The topological polar surface area (TPSA) is 50.1 Å². The van der Waals surface area contributed by atoms with Crippen LogP contribution in [-0.4, -0.2) is 50.0 Å². The molecule has 0 radical (unpaired) electrons. The molecule has 1 aliphatic carbocycles. The highest BCUT2D eigenvalue weighted by Gasteiger charge is 2.50. The fraction of sp³-hybridized carbons (Fsp3) is 0.500. The molecule has 0 amide bonds. The number of fused-ring (bicyclic) bond motifs is 3. The summed E-state index contributed by atoms with van der Waals surface area (Å²) in [6, 6.07) is 8.60. The molecule has 196 valence electrons. The predicted molar refractivity (Wildman–Crippen MR) is 131 cm³/mol. The third-order valence-corrected chi connectivity index (χ3v) is 8.21. The minimum atomic E-state index is -4.15. The van der Waals surface area contributed by atoms with Gasteiger partial charge in [-0.3, -0.25) is 9.47 Å². The van der Waals surface area contributed by atoms with Gasteiger partial charge in [-0.1, -0.05) is 11.6 Å². The number of aromatic nitrogens is 4. The molecule has 2 aromatic heterocycles. The minimum Gasteiger partial charge on any atom is -0.354 e. The summed E-state index contributed by atoms with van der Waals surface area (Å²) < 4.78 is 55.9. The van der Waals surface area contributed by atoms with Crippen molar-refractivity contribution in [1.82, 2.24) is 24.6 Å². The van der Waals surface area contributed by atoms with Gasteiger partial charge in [0, 0.05) is 42.3 Å². The number of halogens is 5. The lowest BCUT2D eigenvalue weighted by Crippen LogP contribution is -2.48. The fourth-order valence-corrected chi connectivity index (χ4v) is 6.02. The summed E-state index contributed by atoms with van der Waals surface area (Å²) in [5, 5.41) is 9.66. The van der Waals surface area contributed by atoms with Gasteiger partial charge >= 0.3 is 6.18 Å². The van der Waals surface area contributed by atoms with Crippen LogP contribution in [-0.2, 0) is 13.1 Å². The van der Waals surface area contributed by atoms with Gasteiger partial charge in [-0.25, -0.2) is 9.37 Å². The average molecular weight is 535 g/mol. The smallest absolute Gasteiger partial charge is 0.354 e. The first-order chi connectivity index (χ1) is 17.7. The lowest BCUT2D eigenvalue weighted by Gasteiger charge is -2.43. The Morgan fingerprint density at radius 1 is 1.00 bits per heavy atom. The second kappa shape index (κ2) is 9.23. The van der Waals surface area contributed by atoms with Crippen molar-refractivity contribution in [3.05, 3.63) is 64.1 Å². The predicted octanol–water partition coefficient (Wildman–Crippen LogP) is 5.80. The largest absolute Gasteiger partial charge is 0.391 e. The number of nitrogens with zero attached hydrogens (tertiary/aromatic N) is 6. The molecule has 3 aliphatic rings. The van der Waals surface area contributed by atoms with Crippen molar-refractivity contribution in [2.75, 3.05) is 18.0 Å². The quantitative estimate of drug-likeness (QED) is 0.397. The molecule has 2 fully saturated rings. The van der Waals surface area contributed by atoms with E-state index in [1.807, 2.05) is 30.0 Å². The number of piperidine rings is 1. The van der Waals surface area contributed by atoms with Crippen molar-refractivity contribution in [2.45, 2.75) is 63.8 Å².